The number of hydrogen-bond acceptors (Lipinski definition) is 5. The van der Waals surface area contributed by atoms with Gasteiger partial charge in [0.15, 0.2) is 5.76 Å². The number of nitrogens with zero attached hydrogens (tertiary/aromatic N) is 4. The highest BCUT2D eigenvalue weighted by Gasteiger charge is 2.30. The van der Waals surface area contributed by atoms with E-state index in [4.69, 9.17) is 4.42 Å². The Kier molecular flexibility index (Phi) is 6.11. The Morgan fingerprint density at radius 3 is 2.55 bits per heavy atom. The van der Waals surface area contributed by atoms with E-state index in [9.17, 15) is 4.79 Å². The summed E-state index contributed by atoms with van der Waals surface area (Å²) in [4.78, 5) is 24.9. The molecule has 4 heterocycles. The average molecular weight is 447 g/mol. The fraction of sp³-hybridized carbons (Fsp3) is 0.481. The summed E-state index contributed by atoms with van der Waals surface area (Å²) in [6.07, 6.45) is 4.10. The number of aryl methyl sites for hydroxylation is 3. The van der Waals surface area contributed by atoms with Crippen LogP contribution in [0.3, 0.4) is 0 Å². The molecule has 2 saturated heterocycles. The maximum Gasteiger partial charge on any atom is 0.289 e. The van der Waals surface area contributed by atoms with Gasteiger partial charge in [-0.3, -0.25) is 9.69 Å². The molecule has 1 aromatic carbocycles. The Balaban J connectivity index is 1.22. The predicted molar refractivity (Wildman–Crippen MR) is 132 cm³/mol. The molecule has 0 aliphatic carbocycles. The minimum atomic E-state index is 0.0483. The SMILES string of the molecule is Cc1ccc(C)c2c(C)c(C(=O)N3CCCC(CN4CCN(c5ccccn5)CC4)C3)oc12. The lowest BCUT2D eigenvalue weighted by Gasteiger charge is -2.39. The third-order valence-electron chi connectivity index (χ3n) is 7.35. The van der Waals surface area contributed by atoms with E-state index in [1.54, 1.807) is 0 Å². The molecule has 1 amide bonds. The molecule has 0 saturated carbocycles. The summed E-state index contributed by atoms with van der Waals surface area (Å²) in [5.41, 5.74) is 4.08. The predicted octanol–water partition coefficient (Wildman–Crippen LogP) is 4.43. The molecule has 174 valence electrons. The minimum absolute atomic E-state index is 0.0483. The first-order valence-corrected chi connectivity index (χ1v) is 12.2. The van der Waals surface area contributed by atoms with Crippen molar-refractivity contribution >= 4 is 22.7 Å². The summed E-state index contributed by atoms with van der Waals surface area (Å²) in [6, 6.07) is 10.3. The van der Waals surface area contributed by atoms with Gasteiger partial charge in [-0.25, -0.2) is 4.98 Å². The zero-order valence-electron chi connectivity index (χ0n) is 20.0. The Hall–Kier alpha value is -2.86. The van der Waals surface area contributed by atoms with E-state index in [1.165, 1.54) is 6.42 Å². The number of rotatable bonds is 4. The third kappa shape index (κ3) is 4.36. The van der Waals surface area contributed by atoms with Crippen molar-refractivity contribution in [1.82, 2.24) is 14.8 Å². The molecular weight excluding hydrogens is 412 g/mol. The molecule has 33 heavy (non-hydrogen) atoms. The van der Waals surface area contributed by atoms with Gasteiger partial charge in [-0.05, 0) is 62.8 Å². The van der Waals surface area contributed by atoms with Crippen molar-refractivity contribution in [2.75, 3.05) is 50.7 Å². The summed E-state index contributed by atoms with van der Waals surface area (Å²) in [5.74, 6) is 2.15. The molecule has 2 aromatic heterocycles. The number of likely N-dealkylation sites (tertiary alicyclic amines) is 1. The number of fused-ring (bicyclic) bond motifs is 1. The van der Waals surface area contributed by atoms with Crippen LogP contribution in [0.1, 0.15) is 40.1 Å². The fourth-order valence-electron chi connectivity index (χ4n) is 5.49. The first-order chi connectivity index (χ1) is 16.0. The number of carbonyl (C=O) groups excluding carboxylic acids is 1. The van der Waals surface area contributed by atoms with Crippen LogP contribution in [0.5, 0.6) is 0 Å². The smallest absolute Gasteiger partial charge is 0.289 e. The van der Waals surface area contributed by atoms with E-state index in [-0.39, 0.29) is 5.91 Å². The van der Waals surface area contributed by atoms with Crippen LogP contribution in [0, 0.1) is 26.7 Å². The second-order valence-corrected chi connectivity index (χ2v) is 9.69. The van der Waals surface area contributed by atoms with E-state index in [0.717, 1.165) is 85.7 Å². The van der Waals surface area contributed by atoms with Gasteiger partial charge in [0.25, 0.3) is 5.91 Å². The first kappa shape index (κ1) is 22.0. The van der Waals surface area contributed by atoms with Crippen LogP contribution in [0.2, 0.25) is 0 Å². The van der Waals surface area contributed by atoms with Crippen molar-refractivity contribution in [3.8, 4) is 0 Å². The Morgan fingerprint density at radius 2 is 1.82 bits per heavy atom. The molecule has 1 atom stereocenters. The number of aromatic nitrogens is 1. The molecule has 0 spiro atoms. The van der Waals surface area contributed by atoms with Gasteiger partial charge in [0.05, 0.1) is 0 Å². The van der Waals surface area contributed by atoms with Crippen molar-refractivity contribution in [2.45, 2.75) is 33.6 Å². The molecular formula is C27H34N4O2. The van der Waals surface area contributed by atoms with Crippen LogP contribution in [-0.4, -0.2) is 66.5 Å². The molecule has 0 radical (unpaired) electrons. The minimum Gasteiger partial charge on any atom is -0.450 e. The number of anilines is 1. The number of furan rings is 1. The quantitative estimate of drug-likeness (QED) is 0.594. The lowest BCUT2D eigenvalue weighted by atomic mass is 9.96. The molecule has 6 heteroatoms. The van der Waals surface area contributed by atoms with Gasteiger partial charge in [-0.15, -0.1) is 0 Å². The van der Waals surface area contributed by atoms with Crippen LogP contribution in [-0.2, 0) is 0 Å². The second kappa shape index (κ2) is 9.18. The van der Waals surface area contributed by atoms with Crippen molar-refractivity contribution < 1.29 is 9.21 Å². The lowest BCUT2D eigenvalue weighted by molar-refractivity contribution is 0.0607. The van der Waals surface area contributed by atoms with E-state index < -0.39 is 0 Å². The standard InChI is InChI=1S/C27H34N4O2/c1-19-9-10-20(2)25-24(19)21(3)26(33-25)27(32)31-12-6-7-22(18-31)17-29-13-15-30(16-14-29)23-8-4-5-11-28-23/h4-5,8-11,22H,6-7,12-18H2,1-3H3. The number of piperidine rings is 1. The number of piperazine rings is 1. The fourth-order valence-corrected chi connectivity index (χ4v) is 5.49. The summed E-state index contributed by atoms with van der Waals surface area (Å²) >= 11 is 0. The second-order valence-electron chi connectivity index (χ2n) is 9.69. The summed E-state index contributed by atoms with van der Waals surface area (Å²) in [6.45, 7) is 12.9. The molecule has 1 unspecified atom stereocenters. The number of amides is 1. The van der Waals surface area contributed by atoms with Crippen molar-refractivity contribution in [1.29, 1.82) is 0 Å². The van der Waals surface area contributed by atoms with Crippen molar-refractivity contribution in [3.05, 3.63) is 59.0 Å². The van der Waals surface area contributed by atoms with Crippen LogP contribution in [0.15, 0.2) is 40.9 Å². The third-order valence-corrected chi connectivity index (χ3v) is 7.35. The van der Waals surface area contributed by atoms with E-state index in [1.807, 2.05) is 31.0 Å². The van der Waals surface area contributed by atoms with Crippen LogP contribution < -0.4 is 4.90 Å². The van der Waals surface area contributed by atoms with Gasteiger partial charge in [0.2, 0.25) is 0 Å². The normalized spacial score (nSPS) is 19.9. The maximum atomic E-state index is 13.5. The first-order valence-electron chi connectivity index (χ1n) is 12.2. The highest BCUT2D eigenvalue weighted by Crippen LogP contribution is 2.32. The largest absolute Gasteiger partial charge is 0.450 e. The molecule has 6 nitrogen and oxygen atoms in total. The van der Waals surface area contributed by atoms with Crippen molar-refractivity contribution in [2.24, 2.45) is 5.92 Å². The topological polar surface area (TPSA) is 52.8 Å². The number of carbonyl (C=O) groups is 1. The molecule has 0 N–H and O–H groups in total. The summed E-state index contributed by atoms with van der Waals surface area (Å²) < 4.78 is 6.15. The van der Waals surface area contributed by atoms with Crippen LogP contribution >= 0.6 is 0 Å². The molecule has 2 fully saturated rings. The average Bonchev–Trinajstić information content (AvgIpc) is 3.20. The molecule has 5 rings (SSSR count). The Morgan fingerprint density at radius 1 is 1.03 bits per heavy atom. The van der Waals surface area contributed by atoms with Crippen molar-refractivity contribution in [3.63, 3.8) is 0 Å². The zero-order valence-corrected chi connectivity index (χ0v) is 20.0. The van der Waals surface area contributed by atoms with E-state index >= 15 is 0 Å². The van der Waals surface area contributed by atoms with Gasteiger partial charge < -0.3 is 14.2 Å². The van der Waals surface area contributed by atoms with Crippen LogP contribution in [0.25, 0.3) is 11.0 Å². The Labute approximate surface area is 196 Å². The maximum absolute atomic E-state index is 13.5. The number of pyridine rings is 1. The van der Waals surface area contributed by atoms with Gasteiger partial charge in [0.1, 0.15) is 11.4 Å². The highest BCUT2D eigenvalue weighted by molar-refractivity contribution is 6.00. The number of hydrogen-bond donors (Lipinski definition) is 0. The molecule has 3 aromatic rings. The zero-order chi connectivity index (χ0) is 22.9. The molecule has 0 bridgehead atoms. The van der Waals surface area contributed by atoms with E-state index in [2.05, 4.69) is 46.0 Å². The van der Waals surface area contributed by atoms with Crippen LogP contribution in [0.4, 0.5) is 5.82 Å². The van der Waals surface area contributed by atoms with Gasteiger partial charge in [-0.2, -0.15) is 0 Å². The summed E-state index contributed by atoms with van der Waals surface area (Å²) in [5, 5.41) is 1.10. The molecule has 2 aliphatic rings. The Bertz CT molecular complexity index is 1130. The summed E-state index contributed by atoms with van der Waals surface area (Å²) in [7, 11) is 0. The van der Waals surface area contributed by atoms with Gasteiger partial charge in [0, 0.05) is 63.0 Å². The van der Waals surface area contributed by atoms with Gasteiger partial charge >= 0.3 is 0 Å². The molecule has 2 aliphatic heterocycles. The lowest BCUT2D eigenvalue weighted by Crippen LogP contribution is -2.50. The van der Waals surface area contributed by atoms with E-state index in [0.29, 0.717) is 11.7 Å². The monoisotopic (exact) mass is 446 g/mol. The highest BCUT2D eigenvalue weighted by atomic mass is 16.3. The number of benzene rings is 1. The van der Waals surface area contributed by atoms with Gasteiger partial charge in [-0.1, -0.05) is 18.2 Å².